The molecule has 134 valence electrons. The van der Waals surface area contributed by atoms with Crippen molar-refractivity contribution in [1.82, 2.24) is 5.32 Å². The van der Waals surface area contributed by atoms with Gasteiger partial charge in [-0.2, -0.15) is 0 Å². The molecule has 7 heteroatoms. The van der Waals surface area contributed by atoms with Crippen LogP contribution in [0.15, 0.2) is 42.5 Å². The number of hydrogen-bond donors (Lipinski definition) is 3. The molecule has 0 bridgehead atoms. The molecular weight excluding hydrogens is 324 g/mol. The molecule has 2 rings (SSSR count). The zero-order valence-electron chi connectivity index (χ0n) is 14.4. The summed E-state index contributed by atoms with van der Waals surface area (Å²) in [5.74, 6) is 1.65. The van der Waals surface area contributed by atoms with Gasteiger partial charge in [0, 0.05) is 12.1 Å². The summed E-state index contributed by atoms with van der Waals surface area (Å²) < 4.78 is 15.6. The van der Waals surface area contributed by atoms with Crippen LogP contribution in [0.1, 0.15) is 11.7 Å². The van der Waals surface area contributed by atoms with E-state index in [0.29, 0.717) is 28.5 Å². The minimum atomic E-state index is -0.950. The van der Waals surface area contributed by atoms with Gasteiger partial charge in [-0.1, -0.05) is 12.1 Å². The quantitative estimate of drug-likeness (QED) is 0.717. The van der Waals surface area contributed by atoms with Crippen molar-refractivity contribution in [2.45, 2.75) is 6.10 Å². The molecule has 0 unspecified atom stereocenters. The molecule has 2 aromatic carbocycles. The van der Waals surface area contributed by atoms with Crippen molar-refractivity contribution in [3.63, 3.8) is 0 Å². The number of benzene rings is 2. The highest BCUT2D eigenvalue weighted by atomic mass is 16.5. The zero-order valence-corrected chi connectivity index (χ0v) is 14.4. The van der Waals surface area contributed by atoms with E-state index >= 15 is 0 Å². The van der Waals surface area contributed by atoms with Crippen molar-refractivity contribution in [3.05, 3.63) is 48.0 Å². The number of ether oxygens (including phenoxy) is 3. The highest BCUT2D eigenvalue weighted by Crippen LogP contribution is 2.29. The van der Waals surface area contributed by atoms with E-state index < -0.39 is 12.1 Å². The van der Waals surface area contributed by atoms with Gasteiger partial charge in [0.2, 0.25) is 0 Å². The fourth-order valence-corrected chi connectivity index (χ4v) is 2.31. The van der Waals surface area contributed by atoms with Crippen LogP contribution in [0, 0.1) is 0 Å². The predicted octanol–water partition coefficient (Wildman–Crippen LogP) is 2.57. The highest BCUT2D eigenvalue weighted by Gasteiger charge is 2.16. The summed E-state index contributed by atoms with van der Waals surface area (Å²) in [4.78, 5) is 12.0. The van der Waals surface area contributed by atoms with Gasteiger partial charge in [0.1, 0.15) is 23.4 Å². The Bertz CT molecular complexity index is 720. The molecule has 0 aliphatic carbocycles. The number of aliphatic hydroxyl groups is 1. The van der Waals surface area contributed by atoms with Crippen LogP contribution in [0.3, 0.4) is 0 Å². The Hall–Kier alpha value is -2.93. The molecule has 0 spiro atoms. The first-order valence-electron chi connectivity index (χ1n) is 7.67. The number of anilines is 1. The number of para-hydroxylation sites is 2. The number of nitrogens with one attached hydrogen (secondary N) is 2. The molecule has 0 saturated carbocycles. The Morgan fingerprint density at radius 2 is 1.76 bits per heavy atom. The lowest BCUT2D eigenvalue weighted by atomic mass is 10.1. The maximum absolute atomic E-state index is 12.0. The third-order valence-corrected chi connectivity index (χ3v) is 3.61. The van der Waals surface area contributed by atoms with Crippen molar-refractivity contribution < 1.29 is 24.1 Å². The minimum absolute atomic E-state index is 0.00447. The molecule has 0 fully saturated rings. The monoisotopic (exact) mass is 346 g/mol. The summed E-state index contributed by atoms with van der Waals surface area (Å²) in [6.07, 6.45) is -0.950. The summed E-state index contributed by atoms with van der Waals surface area (Å²) in [5, 5.41) is 15.7. The lowest BCUT2D eigenvalue weighted by molar-refractivity contribution is 0.170. The molecule has 0 aliphatic heterocycles. The highest BCUT2D eigenvalue weighted by molar-refractivity contribution is 5.90. The Labute approximate surface area is 146 Å². The van der Waals surface area contributed by atoms with E-state index in [2.05, 4.69) is 10.6 Å². The van der Waals surface area contributed by atoms with Crippen molar-refractivity contribution in [2.24, 2.45) is 0 Å². The molecule has 0 heterocycles. The number of carbonyl (C=O) groups is 1. The van der Waals surface area contributed by atoms with Gasteiger partial charge in [0.15, 0.2) is 0 Å². The summed E-state index contributed by atoms with van der Waals surface area (Å²) >= 11 is 0. The molecule has 0 radical (unpaired) electrons. The van der Waals surface area contributed by atoms with Gasteiger partial charge in [0.25, 0.3) is 0 Å². The van der Waals surface area contributed by atoms with E-state index in [1.54, 1.807) is 42.5 Å². The number of rotatable bonds is 7. The van der Waals surface area contributed by atoms with E-state index in [1.165, 1.54) is 21.3 Å². The van der Waals surface area contributed by atoms with E-state index in [1.807, 2.05) is 0 Å². The SMILES string of the molecule is COc1ccc(OC)c([C@@H](O)CNC(=O)Nc2ccccc2OC)c1. The van der Waals surface area contributed by atoms with E-state index in [-0.39, 0.29) is 6.54 Å². The molecule has 0 saturated heterocycles. The van der Waals surface area contributed by atoms with Crippen molar-refractivity contribution in [1.29, 1.82) is 0 Å². The number of urea groups is 1. The maximum Gasteiger partial charge on any atom is 0.319 e. The van der Waals surface area contributed by atoms with Crippen molar-refractivity contribution >= 4 is 11.7 Å². The first kappa shape index (κ1) is 18.4. The van der Waals surface area contributed by atoms with Gasteiger partial charge in [-0.3, -0.25) is 0 Å². The van der Waals surface area contributed by atoms with Crippen LogP contribution in [0.5, 0.6) is 17.2 Å². The second kappa shape index (κ2) is 8.79. The van der Waals surface area contributed by atoms with Crippen LogP contribution in [0.25, 0.3) is 0 Å². The topological polar surface area (TPSA) is 89.0 Å². The fraction of sp³-hybridized carbons (Fsp3) is 0.278. The van der Waals surface area contributed by atoms with Crippen LogP contribution >= 0.6 is 0 Å². The van der Waals surface area contributed by atoms with Crippen LogP contribution in [0.4, 0.5) is 10.5 Å². The number of carbonyl (C=O) groups excluding carboxylic acids is 1. The standard InChI is InChI=1S/C18H22N2O5/c1-23-12-8-9-16(24-2)13(10-12)15(21)11-19-18(22)20-14-6-4-5-7-17(14)25-3/h4-10,15,21H,11H2,1-3H3,(H2,19,20,22)/t15-/m0/s1. The molecule has 3 N–H and O–H groups in total. The smallest absolute Gasteiger partial charge is 0.319 e. The Morgan fingerprint density at radius 1 is 1.04 bits per heavy atom. The van der Waals surface area contributed by atoms with Gasteiger partial charge in [-0.05, 0) is 30.3 Å². The summed E-state index contributed by atoms with van der Waals surface area (Å²) in [6.45, 7) is 0.00447. The maximum atomic E-state index is 12.0. The molecule has 0 aromatic heterocycles. The lowest BCUT2D eigenvalue weighted by Gasteiger charge is -2.17. The number of methoxy groups -OCH3 is 3. The molecule has 1 atom stereocenters. The lowest BCUT2D eigenvalue weighted by Crippen LogP contribution is -2.32. The average Bonchev–Trinajstić information content (AvgIpc) is 2.65. The number of amides is 2. The summed E-state index contributed by atoms with van der Waals surface area (Å²) in [7, 11) is 4.58. The third-order valence-electron chi connectivity index (χ3n) is 3.61. The van der Waals surface area contributed by atoms with Crippen LogP contribution in [0.2, 0.25) is 0 Å². The molecule has 7 nitrogen and oxygen atoms in total. The second-order valence-corrected chi connectivity index (χ2v) is 5.16. The predicted molar refractivity (Wildman–Crippen MR) is 94.5 cm³/mol. The normalized spacial score (nSPS) is 11.4. The van der Waals surface area contributed by atoms with E-state index in [0.717, 1.165) is 0 Å². The minimum Gasteiger partial charge on any atom is -0.497 e. The molecular formula is C18H22N2O5. The molecule has 0 aliphatic rings. The van der Waals surface area contributed by atoms with Crippen LogP contribution in [-0.4, -0.2) is 39.0 Å². The van der Waals surface area contributed by atoms with Gasteiger partial charge in [0.05, 0.1) is 27.0 Å². The summed E-state index contributed by atoms with van der Waals surface area (Å²) in [6, 6.07) is 11.7. The van der Waals surface area contributed by atoms with Gasteiger partial charge in [-0.25, -0.2) is 4.79 Å². The largest absolute Gasteiger partial charge is 0.497 e. The Morgan fingerprint density at radius 3 is 2.44 bits per heavy atom. The van der Waals surface area contributed by atoms with Crippen LogP contribution in [-0.2, 0) is 0 Å². The molecule has 2 amide bonds. The third kappa shape index (κ3) is 4.77. The Kier molecular flexibility index (Phi) is 6.47. The number of hydrogen-bond acceptors (Lipinski definition) is 5. The molecule has 2 aromatic rings. The van der Waals surface area contributed by atoms with Gasteiger partial charge in [-0.15, -0.1) is 0 Å². The van der Waals surface area contributed by atoms with Crippen molar-refractivity contribution in [3.8, 4) is 17.2 Å². The number of aliphatic hydroxyl groups excluding tert-OH is 1. The fourth-order valence-electron chi connectivity index (χ4n) is 2.31. The van der Waals surface area contributed by atoms with E-state index in [9.17, 15) is 9.90 Å². The van der Waals surface area contributed by atoms with E-state index in [4.69, 9.17) is 14.2 Å². The average molecular weight is 346 g/mol. The van der Waals surface area contributed by atoms with Gasteiger partial charge >= 0.3 is 6.03 Å². The van der Waals surface area contributed by atoms with Crippen molar-refractivity contribution in [2.75, 3.05) is 33.2 Å². The zero-order chi connectivity index (χ0) is 18.2. The summed E-state index contributed by atoms with van der Waals surface area (Å²) in [5.41, 5.74) is 1.07. The van der Waals surface area contributed by atoms with Crippen LogP contribution < -0.4 is 24.8 Å². The first-order valence-corrected chi connectivity index (χ1v) is 7.67. The first-order chi connectivity index (χ1) is 12.1. The second-order valence-electron chi connectivity index (χ2n) is 5.16. The van der Waals surface area contributed by atoms with Gasteiger partial charge < -0.3 is 30.0 Å². The molecule has 25 heavy (non-hydrogen) atoms. The Balaban J connectivity index is 1.99.